The quantitative estimate of drug-likeness (QED) is 0.744. The van der Waals surface area contributed by atoms with Gasteiger partial charge in [0.2, 0.25) is 0 Å². The molecule has 7 nitrogen and oxygen atoms in total. The standard InChI is InChI=1S/C12H16FN5O2/c1-3-20-12(19)10-11(9-7-14-17(2)8-9)18(16-15-10)6-4-5-13/h7-8H,3-6H2,1-2H3. The van der Waals surface area contributed by atoms with Gasteiger partial charge in [-0.25, -0.2) is 9.48 Å². The average Bonchev–Trinajstić information content (AvgIpc) is 3.02. The topological polar surface area (TPSA) is 74.8 Å². The van der Waals surface area contributed by atoms with Crippen LogP contribution in [0.4, 0.5) is 4.39 Å². The van der Waals surface area contributed by atoms with E-state index in [4.69, 9.17) is 4.74 Å². The summed E-state index contributed by atoms with van der Waals surface area (Å²) >= 11 is 0. The Morgan fingerprint density at radius 2 is 2.30 bits per heavy atom. The summed E-state index contributed by atoms with van der Waals surface area (Å²) in [5.41, 5.74) is 1.32. The number of carbonyl (C=O) groups is 1. The third kappa shape index (κ3) is 2.84. The van der Waals surface area contributed by atoms with Crippen molar-refractivity contribution in [1.82, 2.24) is 24.8 Å². The van der Waals surface area contributed by atoms with Crippen molar-refractivity contribution in [3.05, 3.63) is 18.1 Å². The molecule has 0 aliphatic carbocycles. The second-order valence-electron chi connectivity index (χ2n) is 4.18. The molecule has 0 N–H and O–H groups in total. The van der Waals surface area contributed by atoms with Crippen LogP contribution in [-0.4, -0.2) is 44.0 Å². The van der Waals surface area contributed by atoms with E-state index in [2.05, 4.69) is 15.4 Å². The monoisotopic (exact) mass is 281 g/mol. The zero-order valence-electron chi connectivity index (χ0n) is 11.4. The number of nitrogens with zero attached hydrogens (tertiary/aromatic N) is 5. The Morgan fingerprint density at radius 3 is 2.90 bits per heavy atom. The van der Waals surface area contributed by atoms with E-state index in [1.54, 1.807) is 31.0 Å². The maximum Gasteiger partial charge on any atom is 0.361 e. The number of esters is 1. The maximum atomic E-state index is 12.3. The molecule has 0 saturated heterocycles. The summed E-state index contributed by atoms with van der Waals surface area (Å²) in [5.74, 6) is -0.544. The first kappa shape index (κ1) is 14.2. The second kappa shape index (κ2) is 6.27. The number of aryl methyl sites for hydroxylation is 2. The number of ether oxygens (including phenoxy) is 1. The van der Waals surface area contributed by atoms with Gasteiger partial charge in [-0.2, -0.15) is 5.10 Å². The molecule has 0 spiro atoms. The summed E-state index contributed by atoms with van der Waals surface area (Å²) in [6, 6.07) is 0. The Hall–Kier alpha value is -2.25. The molecule has 0 aromatic carbocycles. The molecule has 20 heavy (non-hydrogen) atoms. The molecule has 0 radical (unpaired) electrons. The van der Waals surface area contributed by atoms with E-state index >= 15 is 0 Å². The summed E-state index contributed by atoms with van der Waals surface area (Å²) in [5, 5.41) is 11.8. The van der Waals surface area contributed by atoms with Crippen LogP contribution in [-0.2, 0) is 18.3 Å². The molecule has 0 fully saturated rings. The predicted molar refractivity (Wildman–Crippen MR) is 68.8 cm³/mol. The minimum absolute atomic E-state index is 0.124. The zero-order chi connectivity index (χ0) is 14.5. The summed E-state index contributed by atoms with van der Waals surface area (Å²) in [7, 11) is 1.77. The summed E-state index contributed by atoms with van der Waals surface area (Å²) in [4.78, 5) is 11.9. The van der Waals surface area contributed by atoms with Crippen molar-refractivity contribution < 1.29 is 13.9 Å². The van der Waals surface area contributed by atoms with Gasteiger partial charge in [0.25, 0.3) is 0 Å². The Labute approximate surface area is 115 Å². The van der Waals surface area contributed by atoms with Crippen molar-refractivity contribution in [1.29, 1.82) is 0 Å². The van der Waals surface area contributed by atoms with Crippen LogP contribution in [0.1, 0.15) is 23.8 Å². The van der Waals surface area contributed by atoms with Crippen molar-refractivity contribution >= 4 is 5.97 Å². The molecule has 8 heteroatoms. The van der Waals surface area contributed by atoms with E-state index < -0.39 is 12.6 Å². The van der Waals surface area contributed by atoms with Crippen LogP contribution in [0.15, 0.2) is 12.4 Å². The van der Waals surface area contributed by atoms with E-state index in [0.717, 1.165) is 0 Å². The molecule has 0 saturated carbocycles. The Morgan fingerprint density at radius 1 is 1.50 bits per heavy atom. The number of aromatic nitrogens is 5. The van der Waals surface area contributed by atoms with E-state index in [0.29, 0.717) is 24.2 Å². The number of hydrogen-bond donors (Lipinski definition) is 0. The van der Waals surface area contributed by atoms with E-state index in [1.165, 1.54) is 4.68 Å². The fourth-order valence-electron chi connectivity index (χ4n) is 1.85. The first-order chi connectivity index (χ1) is 9.67. The molecule has 0 bridgehead atoms. The third-order valence-corrected chi connectivity index (χ3v) is 2.69. The summed E-state index contributed by atoms with van der Waals surface area (Å²) in [6.07, 6.45) is 3.65. The van der Waals surface area contributed by atoms with Crippen LogP contribution < -0.4 is 0 Å². The highest BCUT2D eigenvalue weighted by molar-refractivity contribution is 5.93. The number of halogens is 1. The van der Waals surface area contributed by atoms with E-state index in [1.807, 2.05) is 0 Å². The maximum absolute atomic E-state index is 12.3. The zero-order valence-corrected chi connectivity index (χ0v) is 11.4. The third-order valence-electron chi connectivity index (χ3n) is 2.69. The first-order valence-electron chi connectivity index (χ1n) is 6.33. The minimum Gasteiger partial charge on any atom is -0.461 e. The van der Waals surface area contributed by atoms with Crippen LogP contribution in [0.2, 0.25) is 0 Å². The fraction of sp³-hybridized carbons (Fsp3) is 0.500. The van der Waals surface area contributed by atoms with Gasteiger partial charge in [0, 0.05) is 25.4 Å². The van der Waals surface area contributed by atoms with Crippen LogP contribution in [0, 0.1) is 0 Å². The van der Waals surface area contributed by atoms with Crippen LogP contribution in [0.25, 0.3) is 11.3 Å². The Balaban J connectivity index is 2.42. The number of rotatable bonds is 6. The lowest BCUT2D eigenvalue weighted by atomic mass is 10.2. The highest BCUT2D eigenvalue weighted by Crippen LogP contribution is 2.22. The van der Waals surface area contributed by atoms with E-state index in [9.17, 15) is 9.18 Å². The van der Waals surface area contributed by atoms with Crippen LogP contribution >= 0.6 is 0 Å². The van der Waals surface area contributed by atoms with Gasteiger partial charge in [0.15, 0.2) is 5.69 Å². The lowest BCUT2D eigenvalue weighted by molar-refractivity contribution is 0.0520. The lowest BCUT2D eigenvalue weighted by Crippen LogP contribution is -2.08. The molecule has 2 rings (SSSR count). The van der Waals surface area contributed by atoms with Crippen molar-refractivity contribution in [2.24, 2.45) is 7.05 Å². The van der Waals surface area contributed by atoms with Gasteiger partial charge < -0.3 is 4.74 Å². The second-order valence-corrected chi connectivity index (χ2v) is 4.18. The van der Waals surface area contributed by atoms with Crippen LogP contribution in [0.5, 0.6) is 0 Å². The van der Waals surface area contributed by atoms with Crippen molar-refractivity contribution in [2.75, 3.05) is 13.3 Å². The fourth-order valence-corrected chi connectivity index (χ4v) is 1.85. The Bertz CT molecular complexity index is 592. The number of alkyl halides is 1. The number of carbonyl (C=O) groups excluding carboxylic acids is 1. The normalized spacial score (nSPS) is 10.8. The molecule has 2 aromatic rings. The molecular weight excluding hydrogens is 265 g/mol. The van der Waals surface area contributed by atoms with Gasteiger partial charge in [0.05, 0.1) is 19.5 Å². The smallest absolute Gasteiger partial charge is 0.361 e. The first-order valence-corrected chi connectivity index (χ1v) is 6.33. The molecule has 108 valence electrons. The lowest BCUT2D eigenvalue weighted by Gasteiger charge is -2.05. The Kier molecular flexibility index (Phi) is 4.44. The largest absolute Gasteiger partial charge is 0.461 e. The van der Waals surface area contributed by atoms with Crippen molar-refractivity contribution in [3.63, 3.8) is 0 Å². The molecule has 2 aromatic heterocycles. The molecule has 0 aliphatic heterocycles. The highest BCUT2D eigenvalue weighted by atomic mass is 19.1. The van der Waals surface area contributed by atoms with Crippen molar-refractivity contribution in [2.45, 2.75) is 19.9 Å². The minimum atomic E-state index is -0.544. The van der Waals surface area contributed by atoms with Gasteiger partial charge in [-0.15, -0.1) is 5.10 Å². The molecule has 0 atom stereocenters. The van der Waals surface area contributed by atoms with Gasteiger partial charge in [-0.1, -0.05) is 5.21 Å². The van der Waals surface area contributed by atoms with Gasteiger partial charge in [-0.05, 0) is 13.3 Å². The van der Waals surface area contributed by atoms with Gasteiger partial charge in [-0.3, -0.25) is 9.07 Å². The molecule has 2 heterocycles. The highest BCUT2D eigenvalue weighted by Gasteiger charge is 2.23. The van der Waals surface area contributed by atoms with Crippen LogP contribution in [0.3, 0.4) is 0 Å². The van der Waals surface area contributed by atoms with Gasteiger partial charge in [0.1, 0.15) is 5.69 Å². The SMILES string of the molecule is CCOC(=O)c1nnn(CCCF)c1-c1cnn(C)c1. The van der Waals surface area contributed by atoms with Crippen molar-refractivity contribution in [3.8, 4) is 11.3 Å². The summed E-state index contributed by atoms with van der Waals surface area (Å²) < 4.78 is 20.4. The number of hydrogen-bond acceptors (Lipinski definition) is 5. The predicted octanol–water partition coefficient (Wildman–Crippen LogP) is 1.21. The van der Waals surface area contributed by atoms with E-state index in [-0.39, 0.29) is 12.3 Å². The van der Waals surface area contributed by atoms with Gasteiger partial charge >= 0.3 is 5.97 Å². The molecule has 0 aliphatic rings. The molecule has 0 unspecified atom stereocenters. The molecule has 0 amide bonds. The average molecular weight is 281 g/mol. The molecular formula is C12H16FN5O2. The summed E-state index contributed by atoms with van der Waals surface area (Å²) in [6.45, 7) is 1.85.